The van der Waals surface area contributed by atoms with E-state index < -0.39 is 11.7 Å². The molecule has 5 nitrogen and oxygen atoms in total. The molecule has 0 atom stereocenters. The van der Waals surface area contributed by atoms with E-state index in [1.807, 2.05) is 19.1 Å². The fraction of sp³-hybridized carbons (Fsp3) is 0.682. The van der Waals surface area contributed by atoms with Crippen LogP contribution in [0.15, 0.2) is 24.3 Å². The summed E-state index contributed by atoms with van der Waals surface area (Å²) in [5, 5.41) is 0. The summed E-state index contributed by atoms with van der Waals surface area (Å²) in [4.78, 5) is 12.4. The third-order valence-corrected chi connectivity index (χ3v) is 4.81. The Labute approximate surface area is 163 Å². The van der Waals surface area contributed by atoms with Gasteiger partial charge in [-0.05, 0) is 44.0 Å². The van der Waals surface area contributed by atoms with Crippen molar-refractivity contribution >= 4 is 5.97 Å². The van der Waals surface area contributed by atoms with Gasteiger partial charge in [0.15, 0.2) is 5.79 Å². The van der Waals surface area contributed by atoms with Crippen LogP contribution in [-0.4, -0.2) is 31.6 Å². The molecular formula is C22H34O5. The van der Waals surface area contributed by atoms with Gasteiger partial charge in [-0.3, -0.25) is 4.79 Å². The van der Waals surface area contributed by atoms with E-state index in [0.717, 1.165) is 37.9 Å². The van der Waals surface area contributed by atoms with Crippen LogP contribution in [0.2, 0.25) is 0 Å². The van der Waals surface area contributed by atoms with Gasteiger partial charge in [0, 0.05) is 6.42 Å². The predicted molar refractivity (Wildman–Crippen MR) is 105 cm³/mol. The first-order valence-electron chi connectivity index (χ1n) is 10.3. The summed E-state index contributed by atoms with van der Waals surface area (Å²) >= 11 is 0. The lowest BCUT2D eigenvalue weighted by Gasteiger charge is -2.36. The van der Waals surface area contributed by atoms with Crippen molar-refractivity contribution in [3.63, 3.8) is 0 Å². The molecule has 0 aromatic heterocycles. The van der Waals surface area contributed by atoms with Crippen LogP contribution in [0, 0.1) is 5.92 Å². The number of carbonyl (C=O) groups excluding carboxylic acids is 1. The second kappa shape index (κ2) is 11.3. The topological polar surface area (TPSA) is 54.0 Å². The highest BCUT2D eigenvalue weighted by molar-refractivity contribution is 5.75. The van der Waals surface area contributed by atoms with Crippen molar-refractivity contribution in [2.75, 3.05) is 19.8 Å². The van der Waals surface area contributed by atoms with Crippen LogP contribution in [0.3, 0.4) is 0 Å². The van der Waals surface area contributed by atoms with E-state index in [1.54, 1.807) is 12.1 Å². The normalized spacial score (nSPS) is 22.4. The van der Waals surface area contributed by atoms with E-state index in [4.69, 9.17) is 18.9 Å². The number of hydrogen-bond donors (Lipinski definition) is 0. The van der Waals surface area contributed by atoms with Gasteiger partial charge in [-0.15, -0.1) is 0 Å². The molecule has 0 bridgehead atoms. The highest BCUT2D eigenvalue weighted by atomic mass is 16.7. The van der Waals surface area contributed by atoms with Gasteiger partial charge in [0.05, 0.1) is 19.8 Å². The van der Waals surface area contributed by atoms with Gasteiger partial charge in [0.2, 0.25) is 0 Å². The Balaban J connectivity index is 1.74. The number of esters is 1. The molecule has 0 saturated carbocycles. The molecule has 1 aromatic carbocycles. The molecule has 1 fully saturated rings. The van der Waals surface area contributed by atoms with Gasteiger partial charge in [-0.1, -0.05) is 39.5 Å². The van der Waals surface area contributed by atoms with Crippen LogP contribution in [-0.2, 0) is 14.3 Å². The zero-order valence-electron chi connectivity index (χ0n) is 17.0. The number of carbonyl (C=O) groups is 1. The van der Waals surface area contributed by atoms with Gasteiger partial charge < -0.3 is 18.9 Å². The quantitative estimate of drug-likeness (QED) is 0.304. The lowest BCUT2D eigenvalue weighted by molar-refractivity contribution is -0.274. The van der Waals surface area contributed by atoms with Crippen molar-refractivity contribution in [1.82, 2.24) is 0 Å². The molecule has 152 valence electrons. The van der Waals surface area contributed by atoms with Crippen molar-refractivity contribution in [2.45, 2.75) is 71.5 Å². The van der Waals surface area contributed by atoms with Gasteiger partial charge in [-0.2, -0.15) is 0 Å². The van der Waals surface area contributed by atoms with Gasteiger partial charge in [0.1, 0.15) is 17.4 Å². The summed E-state index contributed by atoms with van der Waals surface area (Å²) in [5.74, 6) is 0.00891. The largest absolute Gasteiger partial charge is 0.494 e. The van der Waals surface area contributed by atoms with Crippen LogP contribution in [0.4, 0.5) is 0 Å². The molecule has 5 heteroatoms. The molecule has 2 rings (SSSR count). The van der Waals surface area contributed by atoms with Gasteiger partial charge >= 0.3 is 5.97 Å². The molecule has 0 aliphatic carbocycles. The maximum absolute atomic E-state index is 12.4. The molecule has 1 heterocycles. The third-order valence-electron chi connectivity index (χ3n) is 4.81. The Morgan fingerprint density at radius 3 is 2.22 bits per heavy atom. The maximum Gasteiger partial charge on any atom is 0.319 e. The zero-order valence-corrected chi connectivity index (χ0v) is 17.0. The summed E-state index contributed by atoms with van der Waals surface area (Å²) in [6.45, 7) is 7.66. The number of benzene rings is 1. The molecule has 0 spiro atoms. The second-order valence-corrected chi connectivity index (χ2v) is 7.36. The van der Waals surface area contributed by atoms with E-state index in [9.17, 15) is 4.79 Å². The first-order valence-corrected chi connectivity index (χ1v) is 10.3. The van der Waals surface area contributed by atoms with E-state index in [2.05, 4.69) is 13.8 Å². The SMILES string of the molecule is CCCCCOc1ccc(OC(=O)C2COC(C)(CCCCC)OC2)cc1. The fourth-order valence-electron chi connectivity index (χ4n) is 2.97. The molecule has 27 heavy (non-hydrogen) atoms. The van der Waals surface area contributed by atoms with Crippen molar-refractivity contribution in [3.8, 4) is 11.5 Å². The number of rotatable bonds is 11. The van der Waals surface area contributed by atoms with Gasteiger partial charge in [-0.25, -0.2) is 0 Å². The molecule has 0 amide bonds. The molecule has 0 radical (unpaired) electrons. The maximum atomic E-state index is 12.4. The summed E-state index contributed by atoms with van der Waals surface area (Å²) < 4.78 is 22.8. The molecule has 1 aromatic rings. The standard InChI is InChI=1S/C22H34O5/c1-4-6-8-14-22(3)25-16-18(17-26-22)21(23)27-20-12-10-19(11-13-20)24-15-9-7-5-2/h10-13,18H,4-9,14-17H2,1-3H3. The minimum absolute atomic E-state index is 0.317. The number of unbranched alkanes of at least 4 members (excludes halogenated alkanes) is 4. The lowest BCUT2D eigenvalue weighted by Crippen LogP contribution is -2.45. The monoisotopic (exact) mass is 378 g/mol. The van der Waals surface area contributed by atoms with Crippen LogP contribution >= 0.6 is 0 Å². The summed E-state index contributed by atoms with van der Waals surface area (Å²) in [6.07, 6.45) is 7.62. The van der Waals surface area contributed by atoms with Crippen LogP contribution in [0.1, 0.15) is 65.7 Å². The smallest absolute Gasteiger partial charge is 0.319 e. The molecule has 1 saturated heterocycles. The Kier molecular flexibility index (Phi) is 9.08. The first kappa shape index (κ1) is 21.7. The van der Waals surface area contributed by atoms with Crippen molar-refractivity contribution in [1.29, 1.82) is 0 Å². The summed E-state index contributed by atoms with van der Waals surface area (Å²) in [6, 6.07) is 7.17. The Morgan fingerprint density at radius 2 is 1.59 bits per heavy atom. The fourth-order valence-corrected chi connectivity index (χ4v) is 2.97. The Hall–Kier alpha value is -1.59. The average Bonchev–Trinajstić information content (AvgIpc) is 2.67. The van der Waals surface area contributed by atoms with Crippen molar-refractivity contribution in [3.05, 3.63) is 24.3 Å². The van der Waals surface area contributed by atoms with Crippen molar-refractivity contribution < 1.29 is 23.7 Å². The summed E-state index contributed by atoms with van der Waals surface area (Å²) in [7, 11) is 0. The number of hydrogen-bond acceptors (Lipinski definition) is 5. The van der Waals surface area contributed by atoms with E-state index in [0.29, 0.717) is 25.6 Å². The predicted octanol–water partition coefficient (Wildman–Crippen LogP) is 5.12. The first-order chi connectivity index (χ1) is 13.1. The Bertz CT molecular complexity index is 546. The van der Waals surface area contributed by atoms with Crippen LogP contribution < -0.4 is 9.47 Å². The molecule has 1 aliphatic rings. The third kappa shape index (κ3) is 7.51. The molecule has 0 unspecified atom stereocenters. The Morgan fingerprint density at radius 1 is 1.00 bits per heavy atom. The highest BCUT2D eigenvalue weighted by Crippen LogP contribution is 2.28. The van der Waals surface area contributed by atoms with E-state index >= 15 is 0 Å². The average molecular weight is 379 g/mol. The highest BCUT2D eigenvalue weighted by Gasteiger charge is 2.36. The summed E-state index contributed by atoms with van der Waals surface area (Å²) in [5.41, 5.74) is 0. The van der Waals surface area contributed by atoms with E-state index in [-0.39, 0.29) is 5.97 Å². The molecular weight excluding hydrogens is 344 g/mol. The van der Waals surface area contributed by atoms with E-state index in [1.165, 1.54) is 12.8 Å². The number of ether oxygens (including phenoxy) is 4. The van der Waals surface area contributed by atoms with Crippen LogP contribution in [0.5, 0.6) is 11.5 Å². The molecule has 1 aliphatic heterocycles. The molecule has 0 N–H and O–H groups in total. The zero-order chi connectivity index (χ0) is 19.5. The van der Waals surface area contributed by atoms with Crippen LogP contribution in [0.25, 0.3) is 0 Å². The minimum atomic E-state index is -0.581. The van der Waals surface area contributed by atoms with Crippen molar-refractivity contribution in [2.24, 2.45) is 5.92 Å². The van der Waals surface area contributed by atoms with Gasteiger partial charge in [0.25, 0.3) is 0 Å². The minimum Gasteiger partial charge on any atom is -0.494 e. The second-order valence-electron chi connectivity index (χ2n) is 7.36. The lowest BCUT2D eigenvalue weighted by atomic mass is 10.1.